The van der Waals surface area contributed by atoms with Gasteiger partial charge in [0.25, 0.3) is 0 Å². The van der Waals surface area contributed by atoms with Crippen LogP contribution in [0.4, 0.5) is 5.82 Å². The molecule has 0 saturated heterocycles. The Balaban J connectivity index is 1.62. The number of rotatable bonds is 7. The molecule has 1 aliphatic rings. The lowest BCUT2D eigenvalue weighted by Gasteiger charge is -2.11. The minimum atomic E-state index is 0.0306. The van der Waals surface area contributed by atoms with E-state index in [1.807, 2.05) is 30.5 Å². The topological polar surface area (TPSA) is 117 Å². The standard InChI is InChI=1S/C19H21IN6O3S/c1-10(2)5-15(27)22-3-4-26-18-16(17(21)23-8-24-18)25-19(26)30-14-7-13-12(6-11(14)20)28-9-29-13/h6-8,10H,3-5,9H2,1-2H3,(H,22,27)(H2,21,23,24). The second kappa shape index (κ2) is 8.84. The average molecular weight is 540 g/mol. The summed E-state index contributed by atoms with van der Waals surface area (Å²) < 4.78 is 13.9. The molecule has 3 N–H and O–H groups in total. The Morgan fingerprint density at radius 1 is 1.33 bits per heavy atom. The Bertz CT molecular complexity index is 1100. The highest BCUT2D eigenvalue weighted by Gasteiger charge is 2.20. The third-order valence-electron chi connectivity index (χ3n) is 4.40. The minimum absolute atomic E-state index is 0.0306. The molecule has 0 saturated carbocycles. The second-order valence-electron chi connectivity index (χ2n) is 7.16. The molecule has 1 amide bonds. The first kappa shape index (κ1) is 21.0. The number of aromatic nitrogens is 4. The van der Waals surface area contributed by atoms with E-state index < -0.39 is 0 Å². The van der Waals surface area contributed by atoms with Crippen LogP contribution in [-0.2, 0) is 11.3 Å². The maximum Gasteiger partial charge on any atom is 0.231 e. The van der Waals surface area contributed by atoms with Gasteiger partial charge in [0.05, 0.1) is 0 Å². The van der Waals surface area contributed by atoms with Gasteiger partial charge in [-0.15, -0.1) is 0 Å². The van der Waals surface area contributed by atoms with Gasteiger partial charge >= 0.3 is 0 Å². The Hall–Kier alpha value is -2.28. The summed E-state index contributed by atoms with van der Waals surface area (Å²) in [5, 5.41) is 3.67. The van der Waals surface area contributed by atoms with Crippen molar-refractivity contribution in [3.05, 3.63) is 22.0 Å². The van der Waals surface area contributed by atoms with E-state index in [-0.39, 0.29) is 12.7 Å². The molecule has 0 atom stereocenters. The average Bonchev–Trinajstić information content (AvgIpc) is 3.27. The number of nitrogens with two attached hydrogens (primary N) is 1. The Morgan fingerprint density at radius 2 is 2.10 bits per heavy atom. The van der Waals surface area contributed by atoms with Gasteiger partial charge in [-0.3, -0.25) is 4.79 Å². The molecule has 30 heavy (non-hydrogen) atoms. The lowest BCUT2D eigenvalue weighted by molar-refractivity contribution is -0.121. The molecule has 9 nitrogen and oxygen atoms in total. The van der Waals surface area contributed by atoms with Crippen LogP contribution in [0.25, 0.3) is 11.2 Å². The van der Waals surface area contributed by atoms with Gasteiger partial charge in [0.15, 0.2) is 33.6 Å². The molecule has 0 unspecified atom stereocenters. The zero-order chi connectivity index (χ0) is 21.3. The molecule has 0 fully saturated rings. The van der Waals surface area contributed by atoms with Gasteiger partial charge in [-0.2, -0.15) is 0 Å². The van der Waals surface area contributed by atoms with Crippen molar-refractivity contribution in [2.45, 2.75) is 36.9 Å². The number of carbonyl (C=O) groups excluding carboxylic acids is 1. The fraction of sp³-hybridized carbons (Fsp3) is 0.368. The van der Waals surface area contributed by atoms with Crippen molar-refractivity contribution in [2.75, 3.05) is 19.1 Å². The summed E-state index contributed by atoms with van der Waals surface area (Å²) in [4.78, 5) is 26.1. The monoisotopic (exact) mass is 540 g/mol. The number of imidazole rings is 1. The van der Waals surface area contributed by atoms with Gasteiger partial charge < -0.3 is 25.1 Å². The van der Waals surface area contributed by atoms with Crippen LogP contribution in [0.5, 0.6) is 11.5 Å². The SMILES string of the molecule is CC(C)CC(=O)NCCn1c(Sc2cc3c(cc2I)OCO3)nc2c(N)ncnc21. The summed E-state index contributed by atoms with van der Waals surface area (Å²) >= 11 is 3.75. The lowest BCUT2D eigenvalue weighted by Crippen LogP contribution is -2.28. The van der Waals surface area contributed by atoms with Crippen molar-refractivity contribution >= 4 is 57.2 Å². The summed E-state index contributed by atoms with van der Waals surface area (Å²) in [7, 11) is 0. The number of hydrogen-bond acceptors (Lipinski definition) is 8. The van der Waals surface area contributed by atoms with Crippen LogP contribution in [0.15, 0.2) is 28.5 Å². The molecule has 1 aromatic carbocycles. The summed E-state index contributed by atoms with van der Waals surface area (Å²) in [5.74, 6) is 2.11. The summed E-state index contributed by atoms with van der Waals surface area (Å²) in [6.45, 7) is 5.24. The lowest BCUT2D eigenvalue weighted by atomic mass is 10.1. The number of nitrogens with one attached hydrogen (secondary N) is 1. The summed E-state index contributed by atoms with van der Waals surface area (Å²) in [5.41, 5.74) is 7.21. The van der Waals surface area contributed by atoms with Gasteiger partial charge in [-0.25, -0.2) is 15.0 Å². The molecule has 0 spiro atoms. The fourth-order valence-corrected chi connectivity index (χ4v) is 4.75. The normalized spacial score (nSPS) is 12.7. The predicted molar refractivity (Wildman–Crippen MR) is 122 cm³/mol. The second-order valence-corrected chi connectivity index (χ2v) is 9.33. The maximum absolute atomic E-state index is 12.0. The van der Waals surface area contributed by atoms with E-state index >= 15 is 0 Å². The fourth-order valence-electron chi connectivity index (χ4n) is 3.04. The quantitative estimate of drug-likeness (QED) is 0.440. The smallest absolute Gasteiger partial charge is 0.231 e. The molecule has 158 valence electrons. The first-order valence-electron chi connectivity index (χ1n) is 9.42. The van der Waals surface area contributed by atoms with Crippen LogP contribution >= 0.6 is 34.4 Å². The van der Waals surface area contributed by atoms with Gasteiger partial charge in [0, 0.05) is 28.0 Å². The zero-order valence-electron chi connectivity index (χ0n) is 16.5. The van der Waals surface area contributed by atoms with Gasteiger partial charge in [0.1, 0.15) is 6.33 Å². The number of carbonyl (C=O) groups is 1. The molecule has 11 heteroatoms. The number of hydrogen-bond donors (Lipinski definition) is 2. The third-order valence-corrected chi connectivity index (χ3v) is 6.72. The van der Waals surface area contributed by atoms with Crippen molar-refractivity contribution in [1.29, 1.82) is 0 Å². The molecule has 3 aromatic rings. The molecule has 1 aliphatic heterocycles. The Labute approximate surface area is 191 Å². The molecule has 2 aromatic heterocycles. The summed E-state index contributed by atoms with van der Waals surface area (Å²) in [6.07, 6.45) is 1.92. The van der Waals surface area contributed by atoms with E-state index in [4.69, 9.17) is 15.2 Å². The van der Waals surface area contributed by atoms with E-state index in [1.54, 1.807) is 0 Å². The molecular formula is C19H21IN6O3S. The van der Waals surface area contributed by atoms with Gasteiger partial charge in [-0.1, -0.05) is 25.6 Å². The van der Waals surface area contributed by atoms with Crippen LogP contribution in [0, 0.1) is 9.49 Å². The number of anilines is 1. The van der Waals surface area contributed by atoms with Crippen LogP contribution in [-0.4, -0.2) is 38.8 Å². The van der Waals surface area contributed by atoms with Gasteiger partial charge in [0.2, 0.25) is 12.7 Å². The number of amides is 1. The number of nitrogen functional groups attached to an aromatic ring is 1. The molecule has 4 rings (SSSR count). The number of fused-ring (bicyclic) bond motifs is 2. The van der Waals surface area contributed by atoms with Gasteiger partial charge in [-0.05, 0) is 40.6 Å². The largest absolute Gasteiger partial charge is 0.454 e. The van der Waals surface area contributed by atoms with Crippen molar-refractivity contribution in [1.82, 2.24) is 24.8 Å². The summed E-state index contributed by atoms with van der Waals surface area (Å²) in [6, 6.07) is 3.89. The van der Waals surface area contributed by atoms with Crippen molar-refractivity contribution in [3.63, 3.8) is 0 Å². The van der Waals surface area contributed by atoms with Crippen molar-refractivity contribution in [2.24, 2.45) is 5.92 Å². The Morgan fingerprint density at radius 3 is 2.87 bits per heavy atom. The molecule has 0 aliphatic carbocycles. The van der Waals surface area contributed by atoms with E-state index in [9.17, 15) is 4.79 Å². The first-order valence-corrected chi connectivity index (χ1v) is 11.3. The van der Waals surface area contributed by atoms with Crippen LogP contribution in [0.1, 0.15) is 20.3 Å². The highest BCUT2D eigenvalue weighted by Crippen LogP contribution is 2.41. The Kier molecular flexibility index (Phi) is 6.18. The van der Waals surface area contributed by atoms with E-state index in [1.165, 1.54) is 18.1 Å². The van der Waals surface area contributed by atoms with Crippen LogP contribution < -0.4 is 20.5 Å². The molecule has 3 heterocycles. The zero-order valence-corrected chi connectivity index (χ0v) is 19.5. The van der Waals surface area contributed by atoms with Crippen molar-refractivity contribution in [3.8, 4) is 11.5 Å². The molecule has 0 bridgehead atoms. The highest BCUT2D eigenvalue weighted by molar-refractivity contribution is 14.1. The first-order chi connectivity index (χ1) is 14.4. The molecule has 0 radical (unpaired) electrons. The van der Waals surface area contributed by atoms with E-state index in [2.05, 4.69) is 42.9 Å². The van der Waals surface area contributed by atoms with Crippen LogP contribution in [0.2, 0.25) is 0 Å². The molecular weight excluding hydrogens is 519 g/mol. The van der Waals surface area contributed by atoms with Crippen LogP contribution in [0.3, 0.4) is 0 Å². The van der Waals surface area contributed by atoms with E-state index in [0.717, 1.165) is 14.2 Å². The van der Waals surface area contributed by atoms with E-state index in [0.29, 0.717) is 53.3 Å². The minimum Gasteiger partial charge on any atom is -0.454 e. The number of halogens is 1. The number of benzene rings is 1. The number of nitrogens with zero attached hydrogens (tertiary/aromatic N) is 4. The van der Waals surface area contributed by atoms with Crippen molar-refractivity contribution < 1.29 is 14.3 Å². The number of ether oxygens (including phenoxy) is 2. The predicted octanol–water partition coefficient (Wildman–Crippen LogP) is 3.06. The highest BCUT2D eigenvalue weighted by atomic mass is 127. The maximum atomic E-state index is 12.0. The third kappa shape index (κ3) is 4.41.